The zero-order chi connectivity index (χ0) is 9.80. The van der Waals surface area contributed by atoms with Gasteiger partial charge in [0, 0.05) is 25.1 Å². The molecule has 1 N–H and O–H groups in total. The highest BCUT2D eigenvalue weighted by molar-refractivity contribution is 5.43. The second-order valence-corrected chi connectivity index (χ2v) is 3.15. The maximum absolute atomic E-state index is 4.16. The minimum absolute atomic E-state index is 0.830. The Morgan fingerprint density at radius 1 is 1.29 bits per heavy atom. The fourth-order valence-corrected chi connectivity index (χ4v) is 1.36. The fourth-order valence-electron chi connectivity index (χ4n) is 1.36. The molecule has 0 atom stereocenters. The average Bonchev–Trinajstić information content (AvgIpc) is 2.72. The summed E-state index contributed by atoms with van der Waals surface area (Å²) in [5, 5.41) is 7.25. The van der Waals surface area contributed by atoms with E-state index in [1.54, 1.807) is 6.20 Å². The van der Waals surface area contributed by atoms with Crippen LogP contribution in [0.2, 0.25) is 0 Å². The molecule has 0 saturated carbocycles. The summed E-state index contributed by atoms with van der Waals surface area (Å²) < 4.78 is 1.91. The van der Waals surface area contributed by atoms with E-state index in [-0.39, 0.29) is 0 Å². The molecule has 1 heterocycles. The van der Waals surface area contributed by atoms with Crippen molar-refractivity contribution in [3.05, 3.63) is 48.3 Å². The van der Waals surface area contributed by atoms with Crippen molar-refractivity contribution in [1.82, 2.24) is 9.78 Å². The van der Waals surface area contributed by atoms with E-state index >= 15 is 0 Å². The van der Waals surface area contributed by atoms with Crippen molar-refractivity contribution in [1.29, 1.82) is 0 Å². The van der Waals surface area contributed by atoms with E-state index in [0.717, 1.165) is 12.2 Å². The van der Waals surface area contributed by atoms with E-state index < -0.39 is 0 Å². The number of hydrogen-bond donors (Lipinski definition) is 1. The molecular weight excluding hydrogens is 174 g/mol. The van der Waals surface area contributed by atoms with Crippen molar-refractivity contribution in [3.63, 3.8) is 0 Å². The predicted molar refractivity (Wildman–Crippen MR) is 57.3 cm³/mol. The lowest BCUT2D eigenvalue weighted by Gasteiger charge is -2.03. The third kappa shape index (κ3) is 1.93. The standard InChI is InChI=1S/C11H13N3/c1-12-11-5-3-10(4-6-11)9-14-8-2-7-13-14/h2-8,12H,9H2,1H3. The van der Waals surface area contributed by atoms with Crippen LogP contribution in [0.4, 0.5) is 5.69 Å². The van der Waals surface area contributed by atoms with Gasteiger partial charge in [-0.1, -0.05) is 12.1 Å². The van der Waals surface area contributed by atoms with Gasteiger partial charge in [0.05, 0.1) is 6.54 Å². The SMILES string of the molecule is CNc1ccc(Cn2cccn2)cc1. The largest absolute Gasteiger partial charge is 0.388 e. The van der Waals surface area contributed by atoms with Gasteiger partial charge in [-0.05, 0) is 23.8 Å². The second-order valence-electron chi connectivity index (χ2n) is 3.15. The summed E-state index contributed by atoms with van der Waals surface area (Å²) in [6.45, 7) is 0.830. The Bertz CT molecular complexity index is 375. The van der Waals surface area contributed by atoms with Gasteiger partial charge in [0.2, 0.25) is 0 Å². The van der Waals surface area contributed by atoms with Gasteiger partial charge in [0.15, 0.2) is 0 Å². The number of nitrogens with zero attached hydrogens (tertiary/aromatic N) is 2. The molecule has 0 fully saturated rings. The van der Waals surface area contributed by atoms with Gasteiger partial charge in [0.25, 0.3) is 0 Å². The molecule has 3 heteroatoms. The summed E-state index contributed by atoms with van der Waals surface area (Å²) in [4.78, 5) is 0. The zero-order valence-electron chi connectivity index (χ0n) is 8.14. The van der Waals surface area contributed by atoms with Crippen LogP contribution in [0.3, 0.4) is 0 Å². The summed E-state index contributed by atoms with van der Waals surface area (Å²) in [6.07, 6.45) is 3.76. The Morgan fingerprint density at radius 2 is 2.07 bits per heavy atom. The highest BCUT2D eigenvalue weighted by Gasteiger charge is 1.94. The number of benzene rings is 1. The normalized spacial score (nSPS) is 10.1. The van der Waals surface area contributed by atoms with Crippen LogP contribution in [0.1, 0.15) is 5.56 Å². The van der Waals surface area contributed by atoms with Crippen molar-refractivity contribution in [2.24, 2.45) is 0 Å². The molecule has 0 aliphatic rings. The summed E-state index contributed by atoms with van der Waals surface area (Å²) in [5.74, 6) is 0. The molecule has 1 aromatic heterocycles. The highest BCUT2D eigenvalue weighted by atomic mass is 15.3. The lowest BCUT2D eigenvalue weighted by Crippen LogP contribution is -1.99. The molecule has 2 rings (SSSR count). The van der Waals surface area contributed by atoms with Crippen molar-refractivity contribution >= 4 is 5.69 Å². The minimum Gasteiger partial charge on any atom is -0.388 e. The highest BCUT2D eigenvalue weighted by Crippen LogP contribution is 2.09. The van der Waals surface area contributed by atoms with Crippen LogP contribution in [0.25, 0.3) is 0 Å². The first-order valence-corrected chi connectivity index (χ1v) is 4.62. The first-order valence-electron chi connectivity index (χ1n) is 4.62. The van der Waals surface area contributed by atoms with Gasteiger partial charge < -0.3 is 5.32 Å². The first-order chi connectivity index (χ1) is 6.88. The van der Waals surface area contributed by atoms with Crippen LogP contribution in [0.15, 0.2) is 42.7 Å². The van der Waals surface area contributed by atoms with Crippen molar-refractivity contribution in [3.8, 4) is 0 Å². The maximum atomic E-state index is 4.16. The van der Waals surface area contributed by atoms with E-state index in [1.165, 1.54) is 5.56 Å². The van der Waals surface area contributed by atoms with Crippen LogP contribution in [0, 0.1) is 0 Å². The molecular formula is C11H13N3. The average molecular weight is 187 g/mol. The summed E-state index contributed by atoms with van der Waals surface area (Å²) in [5.41, 5.74) is 2.39. The van der Waals surface area contributed by atoms with E-state index in [9.17, 15) is 0 Å². The van der Waals surface area contributed by atoms with Crippen LogP contribution in [-0.4, -0.2) is 16.8 Å². The number of anilines is 1. The molecule has 2 aromatic rings. The molecule has 0 amide bonds. The van der Waals surface area contributed by atoms with E-state index in [4.69, 9.17) is 0 Å². The van der Waals surface area contributed by atoms with Gasteiger partial charge in [-0.25, -0.2) is 0 Å². The lowest BCUT2D eigenvalue weighted by molar-refractivity contribution is 0.687. The summed E-state index contributed by atoms with van der Waals surface area (Å²) >= 11 is 0. The molecule has 0 aliphatic heterocycles. The molecule has 0 unspecified atom stereocenters. The van der Waals surface area contributed by atoms with Gasteiger partial charge >= 0.3 is 0 Å². The maximum Gasteiger partial charge on any atom is 0.0659 e. The summed E-state index contributed by atoms with van der Waals surface area (Å²) in [7, 11) is 1.92. The Balaban J connectivity index is 2.10. The number of hydrogen-bond acceptors (Lipinski definition) is 2. The third-order valence-corrected chi connectivity index (χ3v) is 2.15. The van der Waals surface area contributed by atoms with Gasteiger partial charge in [-0.15, -0.1) is 0 Å². The second kappa shape index (κ2) is 3.96. The first kappa shape index (κ1) is 8.81. The Hall–Kier alpha value is -1.77. The smallest absolute Gasteiger partial charge is 0.0659 e. The third-order valence-electron chi connectivity index (χ3n) is 2.15. The lowest BCUT2D eigenvalue weighted by atomic mass is 10.2. The predicted octanol–water partition coefficient (Wildman–Crippen LogP) is 1.97. The molecule has 0 saturated heterocycles. The van der Waals surface area contributed by atoms with E-state index in [2.05, 4.69) is 34.7 Å². The topological polar surface area (TPSA) is 29.9 Å². The van der Waals surface area contributed by atoms with Gasteiger partial charge in [0.1, 0.15) is 0 Å². The van der Waals surface area contributed by atoms with Crippen LogP contribution in [-0.2, 0) is 6.54 Å². The van der Waals surface area contributed by atoms with Crippen LogP contribution < -0.4 is 5.32 Å². The number of rotatable bonds is 3. The van der Waals surface area contributed by atoms with Gasteiger partial charge in [-0.3, -0.25) is 4.68 Å². The minimum atomic E-state index is 0.830. The van der Waals surface area contributed by atoms with Gasteiger partial charge in [-0.2, -0.15) is 5.10 Å². The number of aromatic nitrogens is 2. The van der Waals surface area contributed by atoms with Crippen molar-refractivity contribution < 1.29 is 0 Å². The Kier molecular flexibility index (Phi) is 2.49. The zero-order valence-corrected chi connectivity index (χ0v) is 8.14. The quantitative estimate of drug-likeness (QED) is 0.796. The van der Waals surface area contributed by atoms with Crippen LogP contribution in [0.5, 0.6) is 0 Å². The van der Waals surface area contributed by atoms with Crippen molar-refractivity contribution in [2.75, 3.05) is 12.4 Å². The van der Waals surface area contributed by atoms with E-state index in [1.807, 2.05) is 24.0 Å². The molecule has 1 aromatic carbocycles. The molecule has 3 nitrogen and oxygen atoms in total. The van der Waals surface area contributed by atoms with Crippen LogP contribution >= 0.6 is 0 Å². The molecule has 0 bridgehead atoms. The fraction of sp³-hybridized carbons (Fsp3) is 0.182. The number of nitrogens with one attached hydrogen (secondary N) is 1. The molecule has 0 aliphatic carbocycles. The summed E-state index contributed by atoms with van der Waals surface area (Å²) in [6, 6.07) is 10.3. The molecule has 14 heavy (non-hydrogen) atoms. The Morgan fingerprint density at radius 3 is 2.64 bits per heavy atom. The molecule has 0 spiro atoms. The molecule has 72 valence electrons. The molecule has 0 radical (unpaired) electrons. The van der Waals surface area contributed by atoms with Crippen molar-refractivity contribution in [2.45, 2.75) is 6.54 Å². The monoisotopic (exact) mass is 187 g/mol. The Labute approximate surface area is 83.4 Å². The van der Waals surface area contributed by atoms with E-state index in [0.29, 0.717) is 0 Å².